The molecule has 0 aromatic carbocycles. The molecule has 0 bridgehead atoms. The van der Waals surface area contributed by atoms with Gasteiger partial charge in [-0.3, -0.25) is 24.0 Å². The lowest BCUT2D eigenvalue weighted by Gasteiger charge is -2.37. The predicted octanol–water partition coefficient (Wildman–Crippen LogP) is 2.07. The van der Waals surface area contributed by atoms with Gasteiger partial charge in [0.15, 0.2) is 0 Å². The van der Waals surface area contributed by atoms with Crippen molar-refractivity contribution in [1.82, 2.24) is 26.2 Å². The number of carbonyl (C=O) groups is 5. The number of rotatable bonds is 14. The minimum absolute atomic E-state index is 0.0717. The van der Waals surface area contributed by atoms with E-state index in [0.29, 0.717) is 25.8 Å². The molecule has 2 aliphatic rings. The lowest BCUT2D eigenvalue weighted by atomic mass is 9.83. The van der Waals surface area contributed by atoms with Crippen LogP contribution in [0.2, 0.25) is 0 Å². The van der Waals surface area contributed by atoms with Gasteiger partial charge in [0, 0.05) is 20.2 Å². The number of hydrogen-bond donors (Lipinski definition) is 6. The average molecular weight is 724 g/mol. The van der Waals surface area contributed by atoms with Crippen molar-refractivity contribution in [3.8, 4) is 0 Å². The first-order valence-corrected chi connectivity index (χ1v) is 19.4. The van der Waals surface area contributed by atoms with Crippen molar-refractivity contribution in [2.75, 3.05) is 26.7 Å². The SMILES string of the molecule is CCCCCC[C@H]1O[C@@H](C)NC(=O)[C@H]([C@H](C)OCCCN)NC(=O)[C@H](CN)NC(=O)[C@H](C2CCCCC2)NC(=O)[C@H](CC(C)C)N(C)C(=O)[C@@H]1C. The van der Waals surface area contributed by atoms with Crippen LogP contribution in [-0.2, 0) is 33.4 Å². The van der Waals surface area contributed by atoms with E-state index >= 15 is 0 Å². The Labute approximate surface area is 306 Å². The third kappa shape index (κ3) is 14.3. The van der Waals surface area contributed by atoms with Gasteiger partial charge >= 0.3 is 0 Å². The van der Waals surface area contributed by atoms with Crippen LogP contribution >= 0.6 is 0 Å². The molecular formula is C37H69N7O7. The molecule has 1 aliphatic heterocycles. The van der Waals surface area contributed by atoms with Crippen LogP contribution in [0.15, 0.2) is 0 Å². The maximum absolute atomic E-state index is 14.2. The molecule has 1 aliphatic carbocycles. The average Bonchev–Trinajstić information content (AvgIpc) is 3.10. The summed E-state index contributed by atoms with van der Waals surface area (Å²) in [5.41, 5.74) is 11.7. The summed E-state index contributed by atoms with van der Waals surface area (Å²) in [4.78, 5) is 71.3. The van der Waals surface area contributed by atoms with Gasteiger partial charge < -0.3 is 47.1 Å². The molecule has 0 unspecified atom stereocenters. The highest BCUT2D eigenvalue weighted by Gasteiger charge is 2.40. The third-order valence-corrected chi connectivity index (χ3v) is 10.2. The number of likely N-dealkylation sites (N-methyl/N-ethyl adjacent to an activating group) is 1. The molecule has 0 aromatic heterocycles. The molecule has 0 spiro atoms. The van der Waals surface area contributed by atoms with Crippen LogP contribution in [-0.4, -0.2) is 104 Å². The summed E-state index contributed by atoms with van der Waals surface area (Å²) in [7, 11) is 1.63. The molecule has 1 heterocycles. The van der Waals surface area contributed by atoms with Crippen LogP contribution in [0.4, 0.5) is 0 Å². The lowest BCUT2D eigenvalue weighted by molar-refractivity contribution is -0.150. The highest BCUT2D eigenvalue weighted by Crippen LogP contribution is 2.28. The van der Waals surface area contributed by atoms with E-state index in [-0.39, 0.29) is 30.9 Å². The highest BCUT2D eigenvalue weighted by molar-refractivity contribution is 5.96. The Hall–Kier alpha value is -2.81. The van der Waals surface area contributed by atoms with Crippen molar-refractivity contribution in [3.05, 3.63) is 0 Å². The van der Waals surface area contributed by atoms with Crippen molar-refractivity contribution in [2.45, 2.75) is 161 Å². The number of unbranched alkanes of at least 4 members (excludes halogenated alkanes) is 3. The number of amides is 5. The van der Waals surface area contributed by atoms with Gasteiger partial charge in [-0.1, -0.05) is 72.6 Å². The minimum atomic E-state index is -1.19. The lowest BCUT2D eigenvalue weighted by Crippen LogP contribution is -2.63. The van der Waals surface area contributed by atoms with E-state index < -0.39 is 72.1 Å². The number of carbonyl (C=O) groups excluding carboxylic acids is 5. The summed E-state index contributed by atoms with van der Waals surface area (Å²) in [6, 6.07) is -4.14. The molecule has 14 heteroatoms. The molecular weight excluding hydrogens is 654 g/mol. The monoisotopic (exact) mass is 724 g/mol. The Balaban J connectivity index is 2.60. The molecule has 0 aromatic rings. The van der Waals surface area contributed by atoms with Gasteiger partial charge in [0.1, 0.15) is 30.4 Å². The first-order chi connectivity index (χ1) is 24.2. The number of nitrogens with two attached hydrogens (primary N) is 2. The Kier molecular flexibility index (Phi) is 20.0. The van der Waals surface area contributed by atoms with Crippen molar-refractivity contribution in [1.29, 1.82) is 0 Å². The fraction of sp³-hybridized carbons (Fsp3) is 0.865. The van der Waals surface area contributed by atoms with Gasteiger partial charge in [0.25, 0.3) is 0 Å². The normalized spacial score (nSPS) is 29.1. The molecule has 1 saturated heterocycles. The molecule has 14 nitrogen and oxygen atoms in total. The second-order valence-corrected chi connectivity index (χ2v) is 14.9. The molecule has 294 valence electrons. The summed E-state index contributed by atoms with van der Waals surface area (Å²) in [6.45, 7) is 11.7. The number of ether oxygens (including phenoxy) is 2. The maximum atomic E-state index is 14.2. The van der Waals surface area contributed by atoms with Gasteiger partial charge in [0.2, 0.25) is 29.5 Å². The first-order valence-electron chi connectivity index (χ1n) is 19.4. The van der Waals surface area contributed by atoms with Crippen LogP contribution in [0.5, 0.6) is 0 Å². The Bertz CT molecular complexity index is 1100. The Morgan fingerprint density at radius 1 is 0.843 bits per heavy atom. The fourth-order valence-electron chi connectivity index (χ4n) is 7.02. The van der Waals surface area contributed by atoms with Crippen LogP contribution in [0, 0.1) is 17.8 Å². The van der Waals surface area contributed by atoms with E-state index in [1.807, 2.05) is 13.8 Å². The molecule has 51 heavy (non-hydrogen) atoms. The van der Waals surface area contributed by atoms with Gasteiger partial charge in [-0.2, -0.15) is 0 Å². The summed E-state index contributed by atoms with van der Waals surface area (Å²) in [5, 5.41) is 11.4. The smallest absolute Gasteiger partial charge is 0.247 e. The van der Waals surface area contributed by atoms with E-state index in [2.05, 4.69) is 28.2 Å². The number of hydrogen-bond acceptors (Lipinski definition) is 9. The second-order valence-electron chi connectivity index (χ2n) is 14.9. The quantitative estimate of drug-likeness (QED) is 0.145. The minimum Gasteiger partial charge on any atom is -0.376 e. The first kappa shape index (κ1) is 44.4. The molecule has 0 radical (unpaired) electrons. The van der Waals surface area contributed by atoms with E-state index in [1.54, 1.807) is 27.8 Å². The van der Waals surface area contributed by atoms with Crippen molar-refractivity contribution < 1.29 is 33.4 Å². The van der Waals surface area contributed by atoms with Gasteiger partial charge in [-0.15, -0.1) is 0 Å². The zero-order valence-corrected chi connectivity index (χ0v) is 32.3. The van der Waals surface area contributed by atoms with Crippen molar-refractivity contribution >= 4 is 29.5 Å². The van der Waals surface area contributed by atoms with E-state index in [0.717, 1.165) is 57.8 Å². The Morgan fingerprint density at radius 3 is 2.14 bits per heavy atom. The van der Waals surface area contributed by atoms with Crippen LogP contribution in [0.1, 0.15) is 119 Å². The van der Waals surface area contributed by atoms with E-state index in [4.69, 9.17) is 20.9 Å². The number of nitrogens with one attached hydrogen (secondary N) is 4. The van der Waals surface area contributed by atoms with Crippen LogP contribution < -0.4 is 32.7 Å². The van der Waals surface area contributed by atoms with Crippen LogP contribution in [0.25, 0.3) is 0 Å². The van der Waals surface area contributed by atoms with Crippen LogP contribution in [0.3, 0.4) is 0 Å². The largest absolute Gasteiger partial charge is 0.376 e. The molecule has 5 amide bonds. The summed E-state index contributed by atoms with van der Waals surface area (Å²) < 4.78 is 12.3. The van der Waals surface area contributed by atoms with Crippen molar-refractivity contribution in [3.63, 3.8) is 0 Å². The highest BCUT2D eigenvalue weighted by atomic mass is 16.5. The summed E-state index contributed by atoms with van der Waals surface area (Å²) in [6.07, 6.45) is 7.53. The second kappa shape index (κ2) is 23.0. The fourth-order valence-corrected chi connectivity index (χ4v) is 7.02. The van der Waals surface area contributed by atoms with E-state index in [1.165, 1.54) is 4.90 Å². The zero-order valence-electron chi connectivity index (χ0n) is 32.3. The number of nitrogens with zero attached hydrogens (tertiary/aromatic N) is 1. The standard InChI is InChI=1S/C37H69N7O7/c1-8-9-10-14-18-30-24(4)37(49)44(7)29(21-23(2)3)34(46)43-32(27-16-12-11-13-17-27)36(48)41-28(22-39)33(45)42-31(25(5)50-20-15-19-38)35(47)40-26(6)51-30/h23-32H,8-22,38-39H2,1-7H3,(H,40,47)(H,41,48)(H,42,45)(H,43,46)/t24-,25+,26+,28+,29+,30-,31+,32+/m1/s1. The molecule has 1 saturated carbocycles. The van der Waals surface area contributed by atoms with Crippen molar-refractivity contribution in [2.24, 2.45) is 29.2 Å². The summed E-state index contributed by atoms with van der Waals surface area (Å²) in [5.74, 6) is -3.15. The topological polar surface area (TPSA) is 207 Å². The van der Waals surface area contributed by atoms with Gasteiger partial charge in [-0.25, -0.2) is 0 Å². The summed E-state index contributed by atoms with van der Waals surface area (Å²) >= 11 is 0. The zero-order chi connectivity index (χ0) is 38.1. The molecule has 8 atom stereocenters. The van der Waals surface area contributed by atoms with E-state index in [9.17, 15) is 24.0 Å². The Morgan fingerprint density at radius 2 is 1.53 bits per heavy atom. The van der Waals surface area contributed by atoms with Gasteiger partial charge in [0.05, 0.1) is 18.1 Å². The molecule has 2 rings (SSSR count). The van der Waals surface area contributed by atoms with Gasteiger partial charge in [-0.05, 0) is 64.3 Å². The maximum Gasteiger partial charge on any atom is 0.247 e. The third-order valence-electron chi connectivity index (χ3n) is 10.2. The molecule has 2 fully saturated rings. The molecule has 8 N–H and O–H groups in total. The predicted molar refractivity (Wildman–Crippen MR) is 197 cm³/mol.